The minimum atomic E-state index is -1.15. The van der Waals surface area contributed by atoms with Gasteiger partial charge in [0.2, 0.25) is 0 Å². The van der Waals surface area contributed by atoms with Crippen molar-refractivity contribution in [1.82, 2.24) is 16.1 Å². The van der Waals surface area contributed by atoms with E-state index in [1.807, 2.05) is 32.9 Å². The largest absolute Gasteiger partial charge is 0.490 e. The number of carbonyl (C=O) groups is 2. The predicted octanol–water partition coefficient (Wildman–Crippen LogP) is 3.73. The summed E-state index contributed by atoms with van der Waals surface area (Å²) in [4.78, 5) is 24.6. The monoisotopic (exact) mass is 596 g/mol. The lowest BCUT2D eigenvalue weighted by atomic mass is 9.95. The van der Waals surface area contributed by atoms with Gasteiger partial charge in [0, 0.05) is 11.3 Å². The zero-order chi connectivity index (χ0) is 31.4. The summed E-state index contributed by atoms with van der Waals surface area (Å²) in [6.45, 7) is 12.2. The number of methoxy groups -OCH3 is 1. The molecule has 0 aliphatic carbocycles. The van der Waals surface area contributed by atoms with Crippen molar-refractivity contribution in [2.45, 2.75) is 46.4 Å². The highest BCUT2D eigenvalue weighted by Crippen LogP contribution is 2.35. The van der Waals surface area contributed by atoms with E-state index in [9.17, 15) is 14.7 Å². The molecule has 0 fully saturated rings. The fourth-order valence-electron chi connectivity index (χ4n) is 4.46. The molecule has 2 amide bonds. The number of allylic oxidation sites excluding steroid dienone is 2. The predicted molar refractivity (Wildman–Crippen MR) is 162 cm³/mol. The molecule has 232 valence electrons. The van der Waals surface area contributed by atoms with Crippen molar-refractivity contribution < 1.29 is 38.4 Å². The maximum absolute atomic E-state index is 12.4. The number of ether oxygens (including phenoxy) is 5. The standard InChI is InChI=1S/C31H40N4O8/c1-7-11-22-14-20(15-25(41-9-3)29(22)42-10-4)17-32-35-26(36)18-43-23-13-12-21(16-24(23)40-8-2)28-27(30(37)39-6)19(5)33-31(38)34-28/h7,12-17,26,28,35-36H,1,8-11,18H2,2-6H3,(H2,33,34,38)/b32-17-/t26-,28-/m0/s1. The van der Waals surface area contributed by atoms with Crippen LogP contribution in [0.5, 0.6) is 23.0 Å². The van der Waals surface area contributed by atoms with Crippen molar-refractivity contribution >= 4 is 18.2 Å². The number of aliphatic hydroxyl groups is 1. The molecule has 0 bridgehead atoms. The van der Waals surface area contributed by atoms with Gasteiger partial charge in [-0.3, -0.25) is 5.43 Å². The van der Waals surface area contributed by atoms with E-state index in [-0.39, 0.29) is 12.2 Å². The number of nitrogens with zero attached hydrogens (tertiary/aromatic N) is 1. The minimum absolute atomic E-state index is 0.150. The molecule has 1 heterocycles. The van der Waals surface area contributed by atoms with Gasteiger partial charge in [0.15, 0.2) is 29.2 Å². The molecule has 2 aromatic rings. The number of hydrazone groups is 1. The Morgan fingerprint density at radius 2 is 1.79 bits per heavy atom. The Labute approximate surface area is 251 Å². The second-order valence-electron chi connectivity index (χ2n) is 9.28. The average Bonchev–Trinajstić information content (AvgIpc) is 2.98. The molecule has 2 aromatic carbocycles. The van der Waals surface area contributed by atoms with Crippen LogP contribution in [0.15, 0.2) is 59.4 Å². The van der Waals surface area contributed by atoms with Gasteiger partial charge in [-0.1, -0.05) is 12.1 Å². The topological polar surface area (TPSA) is 149 Å². The summed E-state index contributed by atoms with van der Waals surface area (Å²) in [6.07, 6.45) is 2.80. The summed E-state index contributed by atoms with van der Waals surface area (Å²) in [5.74, 6) is 1.44. The van der Waals surface area contributed by atoms with Gasteiger partial charge in [-0.25, -0.2) is 9.59 Å². The molecule has 0 unspecified atom stereocenters. The quantitative estimate of drug-likeness (QED) is 0.0748. The molecule has 4 N–H and O–H groups in total. The Hall–Kier alpha value is -4.71. The van der Waals surface area contributed by atoms with Crippen LogP contribution in [0.2, 0.25) is 0 Å². The summed E-state index contributed by atoms with van der Waals surface area (Å²) >= 11 is 0. The molecule has 12 heteroatoms. The lowest BCUT2D eigenvalue weighted by molar-refractivity contribution is -0.136. The number of nitrogens with one attached hydrogen (secondary N) is 3. The molecule has 43 heavy (non-hydrogen) atoms. The first kappa shape index (κ1) is 32.8. The maximum Gasteiger partial charge on any atom is 0.337 e. The van der Waals surface area contributed by atoms with Crippen molar-refractivity contribution in [2.75, 3.05) is 33.5 Å². The van der Waals surface area contributed by atoms with Gasteiger partial charge in [0.1, 0.15) is 6.61 Å². The zero-order valence-corrected chi connectivity index (χ0v) is 25.2. The third kappa shape index (κ3) is 8.65. The van der Waals surface area contributed by atoms with Gasteiger partial charge in [-0.2, -0.15) is 5.10 Å². The third-order valence-electron chi connectivity index (χ3n) is 6.22. The van der Waals surface area contributed by atoms with Crippen LogP contribution in [0.1, 0.15) is 50.4 Å². The molecule has 1 aliphatic rings. The van der Waals surface area contributed by atoms with Gasteiger partial charge in [-0.15, -0.1) is 6.58 Å². The Morgan fingerprint density at radius 1 is 1.07 bits per heavy atom. The van der Waals surface area contributed by atoms with E-state index in [0.29, 0.717) is 60.5 Å². The molecule has 2 atom stereocenters. The number of carbonyl (C=O) groups excluding carboxylic acids is 2. The zero-order valence-electron chi connectivity index (χ0n) is 25.2. The van der Waals surface area contributed by atoms with Gasteiger partial charge in [-0.05, 0) is 69.5 Å². The molecule has 1 aliphatic heterocycles. The van der Waals surface area contributed by atoms with Crippen LogP contribution in [0.3, 0.4) is 0 Å². The number of esters is 1. The number of hydrogen-bond acceptors (Lipinski definition) is 10. The lowest BCUT2D eigenvalue weighted by Gasteiger charge is -2.28. The van der Waals surface area contributed by atoms with Crippen LogP contribution in [-0.4, -0.2) is 63.1 Å². The molecule has 0 saturated carbocycles. The van der Waals surface area contributed by atoms with Crippen LogP contribution in [0.4, 0.5) is 4.79 Å². The van der Waals surface area contributed by atoms with E-state index in [4.69, 9.17) is 23.7 Å². The molecule has 0 spiro atoms. The third-order valence-corrected chi connectivity index (χ3v) is 6.22. The molecular formula is C31H40N4O8. The van der Waals surface area contributed by atoms with Crippen LogP contribution in [-0.2, 0) is 16.0 Å². The molecule has 12 nitrogen and oxygen atoms in total. The highest BCUT2D eigenvalue weighted by molar-refractivity contribution is 5.95. The van der Waals surface area contributed by atoms with Crippen molar-refractivity contribution in [3.63, 3.8) is 0 Å². The molecule has 0 aromatic heterocycles. The first-order valence-corrected chi connectivity index (χ1v) is 14.0. The first-order valence-electron chi connectivity index (χ1n) is 14.0. The summed E-state index contributed by atoms with van der Waals surface area (Å²) in [5, 5.41) is 20.0. The maximum atomic E-state index is 12.4. The van der Waals surface area contributed by atoms with E-state index in [0.717, 1.165) is 11.1 Å². The van der Waals surface area contributed by atoms with Crippen LogP contribution < -0.4 is 35.0 Å². The number of amides is 2. The Morgan fingerprint density at radius 3 is 2.47 bits per heavy atom. The fraction of sp³-hybridized carbons (Fsp3) is 0.387. The molecule has 0 saturated heterocycles. The minimum Gasteiger partial charge on any atom is -0.490 e. The van der Waals surface area contributed by atoms with Crippen LogP contribution in [0.25, 0.3) is 0 Å². The van der Waals surface area contributed by atoms with Crippen molar-refractivity contribution in [3.05, 3.63) is 70.9 Å². The van der Waals surface area contributed by atoms with E-state index in [2.05, 4.69) is 27.7 Å². The molecule has 0 radical (unpaired) electrons. The summed E-state index contributed by atoms with van der Waals surface area (Å²) in [7, 11) is 1.28. The number of aliphatic hydroxyl groups excluding tert-OH is 1. The van der Waals surface area contributed by atoms with Crippen molar-refractivity contribution in [1.29, 1.82) is 0 Å². The van der Waals surface area contributed by atoms with Gasteiger partial charge < -0.3 is 39.4 Å². The van der Waals surface area contributed by atoms with Crippen molar-refractivity contribution in [2.24, 2.45) is 5.10 Å². The second-order valence-corrected chi connectivity index (χ2v) is 9.28. The number of hydrogen-bond donors (Lipinski definition) is 4. The molecular weight excluding hydrogens is 556 g/mol. The number of rotatable bonds is 16. The summed E-state index contributed by atoms with van der Waals surface area (Å²) < 4.78 is 28.1. The average molecular weight is 597 g/mol. The van der Waals surface area contributed by atoms with E-state index < -0.39 is 24.3 Å². The van der Waals surface area contributed by atoms with Crippen LogP contribution >= 0.6 is 0 Å². The summed E-state index contributed by atoms with van der Waals surface area (Å²) in [6, 6.07) is 7.56. The lowest BCUT2D eigenvalue weighted by Crippen LogP contribution is -2.45. The Bertz CT molecular complexity index is 1360. The van der Waals surface area contributed by atoms with Gasteiger partial charge >= 0.3 is 12.0 Å². The normalized spacial score (nSPS) is 15.3. The second kappa shape index (κ2) is 16.1. The SMILES string of the molecule is C=CCc1cc(/C=N\N[C@@H](O)COc2ccc([C@@H]3NC(=O)NC(C)=C3C(=O)OC)cc2OCC)cc(OCC)c1OCC. The van der Waals surface area contributed by atoms with E-state index in [1.54, 1.807) is 37.4 Å². The summed E-state index contributed by atoms with van der Waals surface area (Å²) in [5.41, 5.74) is 5.56. The fourth-order valence-corrected chi connectivity index (χ4v) is 4.46. The van der Waals surface area contributed by atoms with Gasteiger partial charge in [0.05, 0.1) is 44.8 Å². The Balaban J connectivity index is 1.72. The smallest absolute Gasteiger partial charge is 0.337 e. The van der Waals surface area contributed by atoms with E-state index in [1.165, 1.54) is 7.11 Å². The number of benzene rings is 2. The van der Waals surface area contributed by atoms with Crippen molar-refractivity contribution in [3.8, 4) is 23.0 Å². The first-order chi connectivity index (χ1) is 20.8. The van der Waals surface area contributed by atoms with Crippen LogP contribution in [0, 0.1) is 0 Å². The molecule has 3 rings (SSSR count). The van der Waals surface area contributed by atoms with E-state index >= 15 is 0 Å². The number of urea groups is 1. The highest BCUT2D eigenvalue weighted by atomic mass is 16.5. The Kier molecular flexibility index (Phi) is 12.3. The highest BCUT2D eigenvalue weighted by Gasteiger charge is 2.32. The van der Waals surface area contributed by atoms with Gasteiger partial charge in [0.25, 0.3) is 0 Å².